The summed E-state index contributed by atoms with van der Waals surface area (Å²) in [4.78, 5) is 35.9. The fourth-order valence-electron chi connectivity index (χ4n) is 1.96. The van der Waals surface area contributed by atoms with Crippen LogP contribution in [0.15, 0.2) is 24.3 Å². The van der Waals surface area contributed by atoms with Gasteiger partial charge in [0, 0.05) is 5.56 Å². The van der Waals surface area contributed by atoms with Crippen LogP contribution in [-0.2, 0) is 15.8 Å². The van der Waals surface area contributed by atoms with Crippen molar-refractivity contribution in [2.75, 3.05) is 6.54 Å². The molecule has 2 rings (SSSR count). The molecule has 1 aromatic rings. The molecule has 1 unspecified atom stereocenters. The molecule has 0 spiro atoms. The van der Waals surface area contributed by atoms with E-state index in [4.69, 9.17) is 0 Å². The van der Waals surface area contributed by atoms with Crippen LogP contribution in [-0.4, -0.2) is 35.2 Å². The van der Waals surface area contributed by atoms with Gasteiger partial charge in [-0.1, -0.05) is 6.07 Å². The van der Waals surface area contributed by atoms with Crippen LogP contribution in [0.2, 0.25) is 0 Å². The highest BCUT2D eigenvalue weighted by Crippen LogP contribution is 2.29. The van der Waals surface area contributed by atoms with Crippen LogP contribution in [0, 0.1) is 0 Å². The van der Waals surface area contributed by atoms with Crippen molar-refractivity contribution in [3.05, 3.63) is 35.4 Å². The van der Waals surface area contributed by atoms with E-state index >= 15 is 0 Å². The van der Waals surface area contributed by atoms with E-state index in [9.17, 15) is 27.6 Å². The summed E-state index contributed by atoms with van der Waals surface area (Å²) >= 11 is 0. The highest BCUT2D eigenvalue weighted by atomic mass is 19.4. The van der Waals surface area contributed by atoms with Gasteiger partial charge in [0.25, 0.3) is 5.91 Å². The van der Waals surface area contributed by atoms with Crippen molar-refractivity contribution in [2.45, 2.75) is 19.1 Å². The van der Waals surface area contributed by atoms with Crippen LogP contribution in [0.4, 0.5) is 13.2 Å². The second-order valence-electron chi connectivity index (χ2n) is 4.60. The Morgan fingerprint density at radius 3 is 2.62 bits per heavy atom. The number of hydrogen-bond donors (Lipinski definition) is 1. The van der Waals surface area contributed by atoms with E-state index in [0.29, 0.717) is 6.07 Å². The monoisotopic (exact) mass is 300 g/mol. The van der Waals surface area contributed by atoms with Gasteiger partial charge < -0.3 is 4.90 Å². The average molecular weight is 300 g/mol. The molecule has 1 aliphatic rings. The molecular weight excluding hydrogens is 289 g/mol. The molecule has 1 fully saturated rings. The summed E-state index contributed by atoms with van der Waals surface area (Å²) in [5.41, 5.74) is -1.19. The van der Waals surface area contributed by atoms with Gasteiger partial charge >= 0.3 is 6.18 Å². The first kappa shape index (κ1) is 15.0. The quantitative estimate of drug-likeness (QED) is 0.792. The van der Waals surface area contributed by atoms with Crippen molar-refractivity contribution in [3.8, 4) is 0 Å². The largest absolute Gasteiger partial charge is 0.416 e. The van der Waals surface area contributed by atoms with E-state index in [2.05, 4.69) is 0 Å². The number of alkyl halides is 3. The van der Waals surface area contributed by atoms with Crippen molar-refractivity contribution in [2.24, 2.45) is 0 Å². The molecule has 0 radical (unpaired) electrons. The molecule has 1 atom stereocenters. The van der Waals surface area contributed by atoms with E-state index in [-0.39, 0.29) is 12.1 Å². The summed E-state index contributed by atoms with van der Waals surface area (Å²) in [5.74, 6) is -2.12. The lowest BCUT2D eigenvalue weighted by molar-refractivity contribution is -0.139. The second kappa shape index (κ2) is 5.19. The standard InChI is InChI=1S/C13H11F3N2O3/c1-7-11(20)17-10(19)6-18(7)12(21)8-3-2-4-9(5-8)13(14,15)16/h2-5,7H,6H2,1H3,(H,17,19,20). The fraction of sp³-hybridized carbons (Fsp3) is 0.308. The van der Waals surface area contributed by atoms with Gasteiger partial charge in [-0.15, -0.1) is 0 Å². The molecule has 1 aromatic carbocycles. The van der Waals surface area contributed by atoms with E-state index in [1.807, 2.05) is 5.32 Å². The van der Waals surface area contributed by atoms with Gasteiger partial charge in [-0.05, 0) is 25.1 Å². The number of carbonyl (C=O) groups is 3. The molecule has 1 N–H and O–H groups in total. The summed E-state index contributed by atoms with van der Waals surface area (Å²) in [6, 6.07) is 2.93. The number of benzene rings is 1. The maximum absolute atomic E-state index is 12.6. The van der Waals surface area contributed by atoms with Crippen LogP contribution in [0.25, 0.3) is 0 Å². The lowest BCUT2D eigenvalue weighted by atomic mass is 10.1. The maximum Gasteiger partial charge on any atom is 0.416 e. The number of carbonyl (C=O) groups excluding carboxylic acids is 3. The van der Waals surface area contributed by atoms with Crippen LogP contribution < -0.4 is 5.32 Å². The van der Waals surface area contributed by atoms with Gasteiger partial charge in [0.1, 0.15) is 12.6 Å². The second-order valence-corrected chi connectivity index (χ2v) is 4.60. The molecular formula is C13H11F3N2O3. The van der Waals surface area contributed by atoms with E-state index in [1.165, 1.54) is 13.0 Å². The SMILES string of the molecule is CC1C(=O)NC(=O)CN1C(=O)c1cccc(C(F)(F)F)c1. The Bertz CT molecular complexity index is 613. The van der Waals surface area contributed by atoms with Gasteiger partial charge in [-0.2, -0.15) is 13.2 Å². The van der Waals surface area contributed by atoms with E-state index in [1.54, 1.807) is 0 Å². The number of nitrogens with one attached hydrogen (secondary N) is 1. The lowest BCUT2D eigenvalue weighted by Crippen LogP contribution is -2.58. The summed E-state index contributed by atoms with van der Waals surface area (Å²) in [6.45, 7) is 1.02. The van der Waals surface area contributed by atoms with Gasteiger partial charge in [-0.3, -0.25) is 19.7 Å². The number of amides is 3. The normalized spacial score (nSPS) is 19.4. The molecule has 3 amide bonds. The van der Waals surface area contributed by atoms with Crippen molar-refractivity contribution < 1.29 is 27.6 Å². The Hall–Kier alpha value is -2.38. The minimum absolute atomic E-state index is 0.223. The van der Waals surface area contributed by atoms with Crippen molar-refractivity contribution >= 4 is 17.7 Å². The predicted molar refractivity (Wildman–Crippen MR) is 65.1 cm³/mol. The molecule has 1 saturated heterocycles. The molecule has 21 heavy (non-hydrogen) atoms. The zero-order valence-corrected chi connectivity index (χ0v) is 10.9. The predicted octanol–water partition coefficient (Wildman–Crippen LogP) is 1.19. The van der Waals surface area contributed by atoms with E-state index in [0.717, 1.165) is 17.0 Å². The third-order valence-corrected chi connectivity index (χ3v) is 3.12. The zero-order valence-electron chi connectivity index (χ0n) is 10.9. The molecule has 1 heterocycles. The number of nitrogens with zero attached hydrogens (tertiary/aromatic N) is 1. The first-order valence-electron chi connectivity index (χ1n) is 6.02. The van der Waals surface area contributed by atoms with Crippen molar-refractivity contribution in [1.29, 1.82) is 0 Å². The Balaban J connectivity index is 2.31. The van der Waals surface area contributed by atoms with Crippen molar-refractivity contribution in [3.63, 3.8) is 0 Å². The summed E-state index contributed by atoms with van der Waals surface area (Å²) in [7, 11) is 0. The third-order valence-electron chi connectivity index (χ3n) is 3.12. The molecule has 0 bridgehead atoms. The van der Waals surface area contributed by atoms with Crippen LogP contribution in [0.3, 0.4) is 0 Å². The number of rotatable bonds is 1. The smallest absolute Gasteiger partial charge is 0.318 e. The van der Waals surface area contributed by atoms with Gasteiger partial charge in [0.2, 0.25) is 11.8 Å². The topological polar surface area (TPSA) is 66.5 Å². The molecule has 0 saturated carbocycles. The molecule has 0 aliphatic carbocycles. The average Bonchev–Trinajstić information content (AvgIpc) is 2.41. The first-order chi connectivity index (χ1) is 9.70. The number of imide groups is 1. The highest BCUT2D eigenvalue weighted by molar-refractivity contribution is 6.07. The molecule has 0 aromatic heterocycles. The Labute approximate surface area is 117 Å². The summed E-state index contributed by atoms with van der Waals surface area (Å²) in [5, 5.41) is 2.05. The van der Waals surface area contributed by atoms with E-state index < -0.39 is 35.5 Å². The molecule has 1 aliphatic heterocycles. The van der Waals surface area contributed by atoms with Gasteiger partial charge in [-0.25, -0.2) is 0 Å². The zero-order chi connectivity index (χ0) is 15.8. The minimum atomic E-state index is -4.57. The molecule has 112 valence electrons. The summed E-state index contributed by atoms with van der Waals surface area (Å²) < 4.78 is 37.9. The lowest BCUT2D eigenvalue weighted by Gasteiger charge is -2.31. The molecule has 5 nitrogen and oxygen atoms in total. The fourth-order valence-corrected chi connectivity index (χ4v) is 1.96. The first-order valence-corrected chi connectivity index (χ1v) is 6.02. The number of halogens is 3. The van der Waals surface area contributed by atoms with Crippen LogP contribution >= 0.6 is 0 Å². The van der Waals surface area contributed by atoms with Gasteiger partial charge in [0.15, 0.2) is 0 Å². The summed E-state index contributed by atoms with van der Waals surface area (Å²) in [6.07, 6.45) is -4.57. The van der Waals surface area contributed by atoms with Gasteiger partial charge in [0.05, 0.1) is 5.56 Å². The van der Waals surface area contributed by atoms with Crippen molar-refractivity contribution in [1.82, 2.24) is 10.2 Å². The minimum Gasteiger partial charge on any atom is -0.318 e. The van der Waals surface area contributed by atoms with Crippen LogP contribution in [0.1, 0.15) is 22.8 Å². The Morgan fingerprint density at radius 2 is 2.00 bits per heavy atom. The Kier molecular flexibility index (Phi) is 3.71. The maximum atomic E-state index is 12.6. The number of hydrogen-bond acceptors (Lipinski definition) is 3. The third kappa shape index (κ3) is 3.04. The van der Waals surface area contributed by atoms with Crippen LogP contribution in [0.5, 0.6) is 0 Å². The number of piperazine rings is 1. The molecule has 8 heteroatoms. The Morgan fingerprint density at radius 1 is 1.33 bits per heavy atom. The highest BCUT2D eigenvalue weighted by Gasteiger charge is 2.35.